The van der Waals surface area contributed by atoms with E-state index in [1.54, 1.807) is 0 Å². The van der Waals surface area contributed by atoms with Crippen molar-refractivity contribution < 1.29 is 9.53 Å². The summed E-state index contributed by atoms with van der Waals surface area (Å²) in [7, 11) is 0. The maximum Gasteiger partial charge on any atom is 0.273 e. The standard InChI is InChI=1S/C17H21N5O2/c18-16-15(19-6-7-20-16)17(23)21-12-14(13-4-2-1-3-5-13)22-8-10-24-11-9-22/h1-7,14H,8-12H2,(H2,18,20)(H,21,23). The lowest BCUT2D eigenvalue weighted by atomic mass is 10.0. The van der Waals surface area contributed by atoms with Crippen molar-refractivity contribution in [2.45, 2.75) is 6.04 Å². The molecule has 1 fully saturated rings. The quantitative estimate of drug-likeness (QED) is 0.846. The summed E-state index contributed by atoms with van der Waals surface area (Å²) < 4.78 is 5.43. The number of aromatic nitrogens is 2. The Morgan fingerprint density at radius 2 is 1.92 bits per heavy atom. The minimum absolute atomic E-state index is 0.0805. The summed E-state index contributed by atoms with van der Waals surface area (Å²) >= 11 is 0. The number of carbonyl (C=O) groups is 1. The summed E-state index contributed by atoms with van der Waals surface area (Å²) in [5.41, 5.74) is 7.04. The molecular weight excluding hydrogens is 306 g/mol. The van der Waals surface area contributed by atoms with E-state index >= 15 is 0 Å². The molecule has 1 saturated heterocycles. The molecule has 7 heteroatoms. The van der Waals surface area contributed by atoms with E-state index in [4.69, 9.17) is 10.5 Å². The van der Waals surface area contributed by atoms with Gasteiger partial charge >= 0.3 is 0 Å². The maximum absolute atomic E-state index is 12.3. The Morgan fingerprint density at radius 3 is 2.62 bits per heavy atom. The van der Waals surface area contributed by atoms with Gasteiger partial charge in [0.2, 0.25) is 0 Å². The first-order valence-corrected chi connectivity index (χ1v) is 7.97. The van der Waals surface area contributed by atoms with Crippen LogP contribution in [0.3, 0.4) is 0 Å². The van der Waals surface area contributed by atoms with Crippen LogP contribution in [0.25, 0.3) is 0 Å². The van der Waals surface area contributed by atoms with Crippen molar-refractivity contribution >= 4 is 11.7 Å². The predicted octanol–water partition coefficient (Wildman–Crippen LogP) is 0.862. The molecule has 1 unspecified atom stereocenters. The molecule has 126 valence electrons. The van der Waals surface area contributed by atoms with Gasteiger partial charge in [-0.25, -0.2) is 9.97 Å². The molecule has 3 N–H and O–H groups in total. The van der Waals surface area contributed by atoms with E-state index in [1.165, 1.54) is 12.4 Å². The second kappa shape index (κ2) is 7.85. The van der Waals surface area contributed by atoms with E-state index in [-0.39, 0.29) is 23.5 Å². The lowest BCUT2D eigenvalue weighted by molar-refractivity contribution is 0.0162. The van der Waals surface area contributed by atoms with E-state index < -0.39 is 0 Å². The number of hydrogen-bond donors (Lipinski definition) is 2. The number of carbonyl (C=O) groups excluding carboxylic acids is 1. The number of morpholine rings is 1. The second-order valence-electron chi connectivity index (χ2n) is 5.58. The topological polar surface area (TPSA) is 93.4 Å². The van der Waals surface area contributed by atoms with Crippen LogP contribution >= 0.6 is 0 Å². The smallest absolute Gasteiger partial charge is 0.273 e. The number of nitrogens with two attached hydrogens (primary N) is 1. The van der Waals surface area contributed by atoms with Crippen LogP contribution in [0.4, 0.5) is 5.82 Å². The minimum Gasteiger partial charge on any atom is -0.382 e. The molecule has 3 rings (SSSR count). The number of hydrogen-bond acceptors (Lipinski definition) is 6. The van der Waals surface area contributed by atoms with E-state index in [9.17, 15) is 4.79 Å². The lowest BCUT2D eigenvalue weighted by Gasteiger charge is -2.34. The highest BCUT2D eigenvalue weighted by molar-refractivity contribution is 5.96. The molecule has 24 heavy (non-hydrogen) atoms. The zero-order chi connectivity index (χ0) is 16.8. The molecule has 2 aromatic rings. The second-order valence-corrected chi connectivity index (χ2v) is 5.58. The summed E-state index contributed by atoms with van der Waals surface area (Å²) in [5.74, 6) is -0.174. The molecule has 1 aliphatic heterocycles. The van der Waals surface area contributed by atoms with Crippen molar-refractivity contribution in [1.82, 2.24) is 20.2 Å². The first kappa shape index (κ1) is 16.4. The fourth-order valence-electron chi connectivity index (χ4n) is 2.82. The van der Waals surface area contributed by atoms with Crippen LogP contribution in [0.1, 0.15) is 22.1 Å². The fraction of sp³-hybridized carbons (Fsp3) is 0.353. The molecule has 2 heterocycles. The van der Waals surface area contributed by atoms with Crippen molar-refractivity contribution in [3.05, 3.63) is 54.0 Å². The van der Waals surface area contributed by atoms with Crippen LogP contribution in [0, 0.1) is 0 Å². The highest BCUT2D eigenvalue weighted by atomic mass is 16.5. The Labute approximate surface area is 140 Å². The van der Waals surface area contributed by atoms with Crippen LogP contribution in [0.5, 0.6) is 0 Å². The zero-order valence-electron chi connectivity index (χ0n) is 13.4. The summed E-state index contributed by atoms with van der Waals surface area (Å²) in [6.07, 6.45) is 2.93. The van der Waals surface area contributed by atoms with Gasteiger partial charge in [-0.15, -0.1) is 0 Å². The average molecular weight is 327 g/mol. The number of nitrogen functional groups attached to an aromatic ring is 1. The molecule has 7 nitrogen and oxygen atoms in total. The van der Waals surface area contributed by atoms with Crippen molar-refractivity contribution in [2.75, 3.05) is 38.6 Å². The summed E-state index contributed by atoms with van der Waals surface area (Å²) in [5, 5.41) is 2.93. The molecule has 0 radical (unpaired) electrons. The Bertz CT molecular complexity index is 674. The molecule has 1 aliphatic rings. The van der Waals surface area contributed by atoms with Gasteiger partial charge in [0.1, 0.15) is 0 Å². The fourth-order valence-corrected chi connectivity index (χ4v) is 2.82. The molecular formula is C17H21N5O2. The number of anilines is 1. The monoisotopic (exact) mass is 327 g/mol. The first-order valence-electron chi connectivity index (χ1n) is 7.97. The van der Waals surface area contributed by atoms with Gasteiger partial charge < -0.3 is 15.8 Å². The normalized spacial score (nSPS) is 16.5. The molecule has 0 spiro atoms. The Hall–Kier alpha value is -2.51. The van der Waals surface area contributed by atoms with Crippen LogP contribution in [-0.2, 0) is 4.74 Å². The molecule has 0 saturated carbocycles. The molecule has 0 aliphatic carbocycles. The van der Waals surface area contributed by atoms with E-state index in [0.29, 0.717) is 19.8 Å². The van der Waals surface area contributed by atoms with Gasteiger partial charge in [0, 0.05) is 32.0 Å². The zero-order valence-corrected chi connectivity index (χ0v) is 13.4. The number of nitrogens with zero attached hydrogens (tertiary/aromatic N) is 3. The van der Waals surface area contributed by atoms with E-state index in [2.05, 4.69) is 32.3 Å². The van der Waals surface area contributed by atoms with Gasteiger partial charge in [-0.3, -0.25) is 9.69 Å². The van der Waals surface area contributed by atoms with Gasteiger partial charge in [0.15, 0.2) is 11.5 Å². The maximum atomic E-state index is 12.3. The highest BCUT2D eigenvalue weighted by Crippen LogP contribution is 2.21. The van der Waals surface area contributed by atoms with Crippen molar-refractivity contribution in [1.29, 1.82) is 0 Å². The molecule has 0 bridgehead atoms. The SMILES string of the molecule is Nc1nccnc1C(=O)NCC(c1ccccc1)N1CCOCC1. The van der Waals surface area contributed by atoms with Gasteiger partial charge in [0.05, 0.1) is 19.3 Å². The van der Waals surface area contributed by atoms with E-state index in [0.717, 1.165) is 18.7 Å². The lowest BCUT2D eigenvalue weighted by Crippen LogP contribution is -2.44. The molecule has 1 aromatic carbocycles. The Kier molecular flexibility index (Phi) is 5.35. The summed E-state index contributed by atoms with van der Waals surface area (Å²) in [6, 6.07) is 10.2. The molecule has 1 amide bonds. The van der Waals surface area contributed by atoms with Gasteiger partial charge in [0.25, 0.3) is 5.91 Å². The van der Waals surface area contributed by atoms with Crippen LogP contribution in [-0.4, -0.2) is 53.6 Å². The van der Waals surface area contributed by atoms with Crippen molar-refractivity contribution in [2.24, 2.45) is 0 Å². The van der Waals surface area contributed by atoms with Gasteiger partial charge in [-0.05, 0) is 5.56 Å². The van der Waals surface area contributed by atoms with Crippen molar-refractivity contribution in [3.8, 4) is 0 Å². The van der Waals surface area contributed by atoms with Crippen molar-refractivity contribution in [3.63, 3.8) is 0 Å². The molecule has 1 atom stereocenters. The number of ether oxygens (including phenoxy) is 1. The third-order valence-corrected chi connectivity index (χ3v) is 4.07. The minimum atomic E-state index is -0.310. The molecule has 1 aromatic heterocycles. The number of amides is 1. The highest BCUT2D eigenvalue weighted by Gasteiger charge is 2.23. The summed E-state index contributed by atoms with van der Waals surface area (Å²) in [6.45, 7) is 3.55. The predicted molar refractivity (Wildman–Crippen MR) is 90.4 cm³/mol. The Balaban J connectivity index is 1.72. The van der Waals surface area contributed by atoms with Crippen LogP contribution in [0.2, 0.25) is 0 Å². The first-order chi connectivity index (χ1) is 11.8. The van der Waals surface area contributed by atoms with Gasteiger partial charge in [-0.2, -0.15) is 0 Å². The Morgan fingerprint density at radius 1 is 1.21 bits per heavy atom. The van der Waals surface area contributed by atoms with Crippen LogP contribution in [0.15, 0.2) is 42.7 Å². The summed E-state index contributed by atoms with van der Waals surface area (Å²) in [4.78, 5) is 22.6. The van der Waals surface area contributed by atoms with E-state index in [1.807, 2.05) is 18.2 Å². The third kappa shape index (κ3) is 3.87. The van der Waals surface area contributed by atoms with Crippen LogP contribution < -0.4 is 11.1 Å². The third-order valence-electron chi connectivity index (χ3n) is 4.07. The van der Waals surface area contributed by atoms with Gasteiger partial charge in [-0.1, -0.05) is 30.3 Å². The number of rotatable bonds is 5. The largest absolute Gasteiger partial charge is 0.382 e. The number of nitrogens with one attached hydrogen (secondary N) is 1. The average Bonchev–Trinajstić information content (AvgIpc) is 2.64. The number of benzene rings is 1.